The van der Waals surface area contributed by atoms with Crippen LogP contribution in [-0.2, 0) is 10.3 Å². The molecule has 138 valence electrons. The van der Waals surface area contributed by atoms with Gasteiger partial charge in [-0.1, -0.05) is 48.5 Å². The number of imide groups is 1. The first kappa shape index (κ1) is 18.4. The highest BCUT2D eigenvalue weighted by molar-refractivity contribution is 6.07. The van der Waals surface area contributed by atoms with Crippen LogP contribution in [0.25, 0.3) is 6.08 Å². The summed E-state index contributed by atoms with van der Waals surface area (Å²) in [7, 11) is 1.57. The van der Waals surface area contributed by atoms with E-state index in [1.54, 1.807) is 38.3 Å². The minimum absolute atomic E-state index is 0.429. The molecule has 1 heterocycles. The van der Waals surface area contributed by atoms with Crippen molar-refractivity contribution in [2.45, 2.75) is 19.4 Å². The van der Waals surface area contributed by atoms with Gasteiger partial charge in [-0.05, 0) is 42.7 Å². The molecule has 0 spiro atoms. The molecule has 1 unspecified atom stereocenters. The number of rotatable bonds is 5. The maximum Gasteiger partial charge on any atom is 0.346 e. The third-order valence-corrected chi connectivity index (χ3v) is 4.41. The van der Waals surface area contributed by atoms with Gasteiger partial charge in [-0.3, -0.25) is 4.79 Å². The van der Waals surface area contributed by atoms with Gasteiger partial charge in [0.1, 0.15) is 11.3 Å². The number of carbonyl (C=O) groups is 2. The van der Waals surface area contributed by atoms with Crippen molar-refractivity contribution in [2.24, 2.45) is 5.10 Å². The van der Waals surface area contributed by atoms with E-state index in [1.165, 1.54) is 6.21 Å². The molecule has 1 aliphatic rings. The molecule has 1 N–H and O–H groups in total. The van der Waals surface area contributed by atoms with Crippen LogP contribution < -0.4 is 10.1 Å². The number of nitrogens with one attached hydrogen (secondary N) is 1. The summed E-state index contributed by atoms with van der Waals surface area (Å²) in [6.07, 6.45) is 3.43. The summed E-state index contributed by atoms with van der Waals surface area (Å²) >= 11 is 0. The van der Waals surface area contributed by atoms with Gasteiger partial charge in [0.25, 0.3) is 5.91 Å². The molecule has 1 atom stereocenters. The SMILES string of the molecule is COc1ccc(C2(C)NC(=O)N(/N=C/C(C)=C/c3ccccc3)C2=O)cc1. The Morgan fingerprint density at radius 1 is 1.11 bits per heavy atom. The fourth-order valence-electron chi connectivity index (χ4n) is 2.85. The zero-order valence-electron chi connectivity index (χ0n) is 15.5. The third-order valence-electron chi connectivity index (χ3n) is 4.41. The van der Waals surface area contributed by atoms with Gasteiger partial charge in [-0.25, -0.2) is 4.79 Å². The molecule has 0 aromatic heterocycles. The molecule has 2 aromatic carbocycles. The quantitative estimate of drug-likeness (QED) is 0.652. The van der Waals surface area contributed by atoms with Gasteiger partial charge in [-0.15, -0.1) is 5.01 Å². The average molecular weight is 363 g/mol. The summed E-state index contributed by atoms with van der Waals surface area (Å²) < 4.78 is 5.14. The molecule has 1 aliphatic heterocycles. The predicted molar refractivity (Wildman–Crippen MR) is 104 cm³/mol. The lowest BCUT2D eigenvalue weighted by atomic mass is 9.92. The lowest BCUT2D eigenvalue weighted by molar-refractivity contribution is -0.131. The van der Waals surface area contributed by atoms with Crippen LogP contribution in [0.1, 0.15) is 25.0 Å². The molecule has 0 aliphatic carbocycles. The molecule has 3 rings (SSSR count). The first-order valence-corrected chi connectivity index (χ1v) is 8.52. The lowest BCUT2D eigenvalue weighted by Gasteiger charge is -2.21. The van der Waals surface area contributed by atoms with Crippen LogP contribution in [0.4, 0.5) is 4.79 Å². The van der Waals surface area contributed by atoms with E-state index in [0.717, 1.165) is 16.1 Å². The highest BCUT2D eigenvalue weighted by Gasteiger charge is 2.49. The Morgan fingerprint density at radius 2 is 1.78 bits per heavy atom. The van der Waals surface area contributed by atoms with E-state index in [2.05, 4.69) is 10.4 Å². The third kappa shape index (κ3) is 3.74. The van der Waals surface area contributed by atoms with Crippen LogP contribution in [0.3, 0.4) is 0 Å². The van der Waals surface area contributed by atoms with E-state index < -0.39 is 17.5 Å². The summed E-state index contributed by atoms with van der Waals surface area (Å²) in [4.78, 5) is 25.1. The van der Waals surface area contributed by atoms with E-state index >= 15 is 0 Å². The first-order chi connectivity index (χ1) is 12.9. The van der Waals surface area contributed by atoms with Crippen LogP contribution >= 0.6 is 0 Å². The van der Waals surface area contributed by atoms with E-state index in [0.29, 0.717) is 11.3 Å². The van der Waals surface area contributed by atoms with Crippen LogP contribution in [0.2, 0.25) is 0 Å². The molecule has 6 nitrogen and oxygen atoms in total. The standard InChI is InChI=1S/C21H21N3O3/c1-15(13-16-7-5-4-6-8-16)14-22-24-19(25)21(2,23-20(24)26)17-9-11-18(27-3)12-10-17/h4-14H,1-3H3,(H,23,26)/b15-13+,22-14+. The normalized spacial score (nSPS) is 20.3. The molecule has 1 fully saturated rings. The summed E-state index contributed by atoms with van der Waals surface area (Å²) in [6.45, 7) is 3.52. The minimum atomic E-state index is -1.17. The molecule has 2 aromatic rings. The highest BCUT2D eigenvalue weighted by atomic mass is 16.5. The number of methoxy groups -OCH3 is 1. The second kappa shape index (κ2) is 7.45. The number of hydrogen-bond acceptors (Lipinski definition) is 4. The van der Waals surface area contributed by atoms with Gasteiger partial charge in [0.05, 0.1) is 13.3 Å². The number of hydrogen-bond donors (Lipinski definition) is 1. The second-order valence-electron chi connectivity index (χ2n) is 6.44. The molecule has 1 saturated heterocycles. The Kier molecular flexibility index (Phi) is 5.07. The van der Waals surface area contributed by atoms with Crippen molar-refractivity contribution < 1.29 is 14.3 Å². The van der Waals surface area contributed by atoms with Crippen LogP contribution in [0.5, 0.6) is 5.75 Å². The zero-order valence-corrected chi connectivity index (χ0v) is 15.5. The molecule has 3 amide bonds. The molecule has 27 heavy (non-hydrogen) atoms. The van der Waals surface area contributed by atoms with E-state index in [1.807, 2.05) is 43.3 Å². The summed E-state index contributed by atoms with van der Waals surface area (Å²) in [5.74, 6) is 0.247. The smallest absolute Gasteiger partial charge is 0.346 e. The number of allylic oxidation sites excluding steroid dienone is 1. The number of ether oxygens (including phenoxy) is 1. The zero-order chi connectivity index (χ0) is 19.4. The molecule has 0 saturated carbocycles. The van der Waals surface area contributed by atoms with Gasteiger partial charge in [0.15, 0.2) is 0 Å². The van der Waals surface area contributed by atoms with E-state index in [4.69, 9.17) is 4.74 Å². The topological polar surface area (TPSA) is 71.0 Å². The van der Waals surface area contributed by atoms with Crippen molar-refractivity contribution in [2.75, 3.05) is 7.11 Å². The van der Waals surface area contributed by atoms with Crippen molar-refractivity contribution in [3.05, 3.63) is 71.3 Å². The number of nitrogens with zero attached hydrogens (tertiary/aromatic N) is 2. The van der Waals surface area contributed by atoms with E-state index in [-0.39, 0.29) is 0 Å². The largest absolute Gasteiger partial charge is 0.497 e. The predicted octanol–water partition coefficient (Wildman–Crippen LogP) is 3.55. The number of benzene rings is 2. The van der Waals surface area contributed by atoms with Crippen LogP contribution in [-0.4, -0.2) is 30.3 Å². The Hall–Kier alpha value is -3.41. The fourth-order valence-corrected chi connectivity index (χ4v) is 2.85. The van der Waals surface area contributed by atoms with Crippen molar-refractivity contribution >= 4 is 24.2 Å². The van der Waals surface area contributed by atoms with Gasteiger partial charge < -0.3 is 10.1 Å². The lowest BCUT2D eigenvalue weighted by Crippen LogP contribution is -2.40. The number of carbonyl (C=O) groups excluding carboxylic acids is 2. The Bertz CT molecular complexity index is 904. The van der Waals surface area contributed by atoms with Crippen molar-refractivity contribution in [3.8, 4) is 5.75 Å². The van der Waals surface area contributed by atoms with Gasteiger partial charge >= 0.3 is 6.03 Å². The summed E-state index contributed by atoms with van der Waals surface area (Å²) in [5, 5.41) is 7.68. The monoisotopic (exact) mass is 363 g/mol. The number of amides is 3. The van der Waals surface area contributed by atoms with Crippen molar-refractivity contribution in [1.82, 2.24) is 10.3 Å². The Balaban J connectivity index is 1.80. The average Bonchev–Trinajstić information content (AvgIpc) is 2.90. The second-order valence-corrected chi connectivity index (χ2v) is 6.44. The summed E-state index contributed by atoms with van der Waals surface area (Å²) in [6, 6.07) is 16.2. The highest BCUT2D eigenvalue weighted by Crippen LogP contribution is 2.30. The van der Waals surface area contributed by atoms with Gasteiger partial charge in [0.2, 0.25) is 0 Å². The number of hydrazone groups is 1. The van der Waals surface area contributed by atoms with Crippen LogP contribution in [0, 0.1) is 0 Å². The van der Waals surface area contributed by atoms with Gasteiger partial charge in [-0.2, -0.15) is 5.10 Å². The van der Waals surface area contributed by atoms with Crippen molar-refractivity contribution in [1.29, 1.82) is 0 Å². The Labute approximate surface area is 158 Å². The molecular weight excluding hydrogens is 342 g/mol. The van der Waals surface area contributed by atoms with E-state index in [9.17, 15) is 9.59 Å². The molecule has 0 bridgehead atoms. The Morgan fingerprint density at radius 3 is 2.41 bits per heavy atom. The fraction of sp³-hybridized carbons (Fsp3) is 0.190. The molecular formula is C21H21N3O3. The molecule has 6 heteroatoms. The molecule has 0 radical (unpaired) electrons. The maximum absolute atomic E-state index is 12.8. The first-order valence-electron chi connectivity index (χ1n) is 8.52. The van der Waals surface area contributed by atoms with Crippen LogP contribution in [0.15, 0.2) is 65.3 Å². The number of urea groups is 1. The van der Waals surface area contributed by atoms with Crippen molar-refractivity contribution in [3.63, 3.8) is 0 Å². The minimum Gasteiger partial charge on any atom is -0.497 e. The summed E-state index contributed by atoms with van der Waals surface area (Å²) in [5.41, 5.74) is 1.33. The van der Waals surface area contributed by atoms with Gasteiger partial charge in [0, 0.05) is 0 Å². The maximum atomic E-state index is 12.8.